The van der Waals surface area contributed by atoms with E-state index in [9.17, 15) is 4.79 Å². The van der Waals surface area contributed by atoms with Gasteiger partial charge >= 0.3 is 0 Å². The summed E-state index contributed by atoms with van der Waals surface area (Å²) in [5.41, 5.74) is 4.51. The Balaban J connectivity index is 1.82. The highest BCUT2D eigenvalue weighted by Crippen LogP contribution is 2.40. The third-order valence-corrected chi connectivity index (χ3v) is 6.19. The van der Waals surface area contributed by atoms with E-state index in [2.05, 4.69) is 0 Å². The fraction of sp³-hybridized carbons (Fsp3) is 0.154. The zero-order chi connectivity index (χ0) is 22.7. The maximum absolute atomic E-state index is 13.6. The van der Waals surface area contributed by atoms with Crippen molar-refractivity contribution in [2.45, 2.75) is 13.8 Å². The van der Waals surface area contributed by atoms with E-state index >= 15 is 0 Å². The van der Waals surface area contributed by atoms with Crippen LogP contribution in [0.15, 0.2) is 76.6 Å². The van der Waals surface area contributed by atoms with Crippen molar-refractivity contribution in [1.82, 2.24) is 0 Å². The fourth-order valence-electron chi connectivity index (χ4n) is 3.45. The smallest absolute Gasteiger partial charge is 0.271 e. The molecule has 1 amide bonds. The number of carbonyl (C=O) groups excluding carboxylic acids is 1. The molecule has 0 aliphatic carbocycles. The van der Waals surface area contributed by atoms with Crippen LogP contribution in [0.3, 0.4) is 0 Å². The lowest BCUT2D eigenvalue weighted by Gasteiger charge is -2.18. The molecule has 0 spiro atoms. The van der Waals surface area contributed by atoms with Gasteiger partial charge in [0.2, 0.25) is 0 Å². The summed E-state index contributed by atoms with van der Waals surface area (Å²) >= 11 is 1.36. The van der Waals surface area contributed by atoms with Gasteiger partial charge in [0.15, 0.2) is 5.17 Å². The SMILES string of the molecule is COc1ccc(C=C2SC(=Nc3ccccc3C)N(c3ccccc3C)C2=O)c(OC)c1. The summed E-state index contributed by atoms with van der Waals surface area (Å²) in [7, 11) is 3.21. The summed E-state index contributed by atoms with van der Waals surface area (Å²) < 4.78 is 10.8. The molecule has 0 radical (unpaired) electrons. The number of methoxy groups -OCH3 is 2. The topological polar surface area (TPSA) is 51.1 Å². The number of ether oxygens (including phenoxy) is 2. The van der Waals surface area contributed by atoms with E-state index in [1.807, 2.05) is 80.6 Å². The van der Waals surface area contributed by atoms with Crippen LogP contribution in [0, 0.1) is 13.8 Å². The second-order valence-corrected chi connectivity index (χ2v) is 8.34. The van der Waals surface area contributed by atoms with E-state index in [1.54, 1.807) is 25.2 Å². The molecule has 4 rings (SSSR count). The van der Waals surface area contributed by atoms with Gasteiger partial charge in [-0.25, -0.2) is 4.99 Å². The van der Waals surface area contributed by atoms with Gasteiger partial charge in [0, 0.05) is 11.6 Å². The number of aliphatic imine (C=N–C) groups is 1. The average Bonchev–Trinajstić information content (AvgIpc) is 3.10. The van der Waals surface area contributed by atoms with Crippen molar-refractivity contribution >= 4 is 40.3 Å². The summed E-state index contributed by atoms with van der Waals surface area (Å²) in [5.74, 6) is 1.21. The second kappa shape index (κ2) is 9.32. The van der Waals surface area contributed by atoms with Crippen LogP contribution in [0.4, 0.5) is 11.4 Å². The summed E-state index contributed by atoms with van der Waals surface area (Å²) in [4.78, 5) is 20.7. The van der Waals surface area contributed by atoms with Crippen LogP contribution in [0.1, 0.15) is 16.7 Å². The largest absolute Gasteiger partial charge is 0.497 e. The van der Waals surface area contributed by atoms with E-state index in [1.165, 1.54) is 11.8 Å². The number of nitrogens with zero attached hydrogens (tertiary/aromatic N) is 2. The molecular weight excluding hydrogens is 420 g/mol. The van der Waals surface area contributed by atoms with Gasteiger partial charge in [-0.3, -0.25) is 9.69 Å². The highest BCUT2D eigenvalue weighted by atomic mass is 32.2. The molecule has 0 atom stereocenters. The first-order valence-corrected chi connectivity index (χ1v) is 11.0. The van der Waals surface area contributed by atoms with Crippen molar-refractivity contribution < 1.29 is 14.3 Å². The molecule has 0 aromatic heterocycles. The van der Waals surface area contributed by atoms with Crippen LogP contribution >= 0.6 is 11.8 Å². The molecule has 1 heterocycles. The molecule has 0 unspecified atom stereocenters. The monoisotopic (exact) mass is 444 g/mol. The van der Waals surface area contributed by atoms with Crippen LogP contribution in [0.2, 0.25) is 0 Å². The molecule has 5 nitrogen and oxygen atoms in total. The Kier molecular flexibility index (Phi) is 6.32. The Morgan fingerprint density at radius 2 is 1.62 bits per heavy atom. The summed E-state index contributed by atoms with van der Waals surface area (Å²) in [6.07, 6.45) is 1.84. The van der Waals surface area contributed by atoms with E-state index in [0.717, 1.165) is 28.1 Å². The maximum Gasteiger partial charge on any atom is 0.271 e. The Bertz CT molecular complexity index is 1230. The van der Waals surface area contributed by atoms with Crippen molar-refractivity contribution in [2.24, 2.45) is 4.99 Å². The number of carbonyl (C=O) groups is 1. The first-order chi connectivity index (χ1) is 15.5. The van der Waals surface area contributed by atoms with Gasteiger partial charge in [-0.1, -0.05) is 36.4 Å². The molecule has 0 N–H and O–H groups in total. The maximum atomic E-state index is 13.6. The third kappa shape index (κ3) is 4.27. The first-order valence-electron chi connectivity index (χ1n) is 10.2. The second-order valence-electron chi connectivity index (χ2n) is 7.33. The number of benzene rings is 3. The molecule has 1 fully saturated rings. The lowest BCUT2D eigenvalue weighted by Crippen LogP contribution is -2.29. The zero-order valence-electron chi connectivity index (χ0n) is 18.5. The Labute approximate surface area is 192 Å². The number of anilines is 1. The van der Waals surface area contributed by atoms with Gasteiger partial charge < -0.3 is 9.47 Å². The van der Waals surface area contributed by atoms with Gasteiger partial charge in [0.1, 0.15) is 11.5 Å². The summed E-state index contributed by atoms with van der Waals surface area (Å²) in [6, 6.07) is 21.3. The predicted molar refractivity (Wildman–Crippen MR) is 132 cm³/mol. The molecule has 1 aliphatic heterocycles. The minimum absolute atomic E-state index is 0.116. The van der Waals surface area contributed by atoms with Gasteiger partial charge in [0.05, 0.1) is 30.5 Å². The number of amides is 1. The van der Waals surface area contributed by atoms with Gasteiger partial charge in [0.25, 0.3) is 5.91 Å². The molecular formula is C26H24N2O3S. The molecule has 32 heavy (non-hydrogen) atoms. The van der Waals surface area contributed by atoms with Crippen LogP contribution in [-0.4, -0.2) is 25.3 Å². The zero-order valence-corrected chi connectivity index (χ0v) is 19.3. The Morgan fingerprint density at radius 1 is 0.906 bits per heavy atom. The Hall–Kier alpha value is -3.51. The fourth-order valence-corrected chi connectivity index (χ4v) is 4.42. The molecule has 1 saturated heterocycles. The third-order valence-electron chi connectivity index (χ3n) is 5.22. The van der Waals surface area contributed by atoms with Gasteiger partial charge in [-0.05, 0) is 67.1 Å². The number of hydrogen-bond acceptors (Lipinski definition) is 5. The number of amidine groups is 1. The lowest BCUT2D eigenvalue weighted by atomic mass is 10.1. The Morgan fingerprint density at radius 3 is 2.31 bits per heavy atom. The van der Waals surface area contributed by atoms with Crippen LogP contribution in [0.5, 0.6) is 11.5 Å². The first kappa shape index (κ1) is 21.7. The lowest BCUT2D eigenvalue weighted by molar-refractivity contribution is -0.113. The van der Waals surface area contributed by atoms with E-state index < -0.39 is 0 Å². The van der Waals surface area contributed by atoms with Gasteiger partial charge in [-0.15, -0.1) is 0 Å². The molecule has 0 bridgehead atoms. The highest BCUT2D eigenvalue weighted by molar-refractivity contribution is 8.19. The summed E-state index contributed by atoms with van der Waals surface area (Å²) in [6.45, 7) is 4.00. The minimum Gasteiger partial charge on any atom is -0.497 e. The molecule has 1 aliphatic rings. The number of hydrogen-bond donors (Lipinski definition) is 0. The van der Waals surface area contributed by atoms with E-state index in [0.29, 0.717) is 21.6 Å². The van der Waals surface area contributed by atoms with Crippen molar-refractivity contribution in [3.63, 3.8) is 0 Å². The summed E-state index contributed by atoms with van der Waals surface area (Å²) in [5, 5.41) is 0.623. The average molecular weight is 445 g/mol. The molecule has 3 aromatic carbocycles. The quantitative estimate of drug-likeness (QED) is 0.444. The number of para-hydroxylation sites is 2. The number of aryl methyl sites for hydroxylation is 2. The normalized spacial score (nSPS) is 16.1. The molecule has 0 saturated carbocycles. The number of rotatable bonds is 5. The van der Waals surface area contributed by atoms with Crippen molar-refractivity contribution in [1.29, 1.82) is 0 Å². The van der Waals surface area contributed by atoms with E-state index in [4.69, 9.17) is 14.5 Å². The number of thioether (sulfide) groups is 1. The van der Waals surface area contributed by atoms with Crippen LogP contribution in [0.25, 0.3) is 6.08 Å². The van der Waals surface area contributed by atoms with Crippen molar-refractivity contribution in [3.05, 3.63) is 88.3 Å². The van der Waals surface area contributed by atoms with E-state index in [-0.39, 0.29) is 5.91 Å². The minimum atomic E-state index is -0.116. The van der Waals surface area contributed by atoms with Crippen molar-refractivity contribution in [3.8, 4) is 11.5 Å². The van der Waals surface area contributed by atoms with Crippen molar-refractivity contribution in [2.75, 3.05) is 19.1 Å². The highest BCUT2D eigenvalue weighted by Gasteiger charge is 2.35. The van der Waals surface area contributed by atoms with Gasteiger partial charge in [-0.2, -0.15) is 0 Å². The standard InChI is InChI=1S/C26H24N2O3S/c1-17-9-5-7-11-21(17)27-26-28(22-12-8-6-10-18(22)2)25(29)24(32-26)15-19-13-14-20(30-3)16-23(19)31-4/h5-16H,1-4H3. The van der Waals surface area contributed by atoms with Crippen LogP contribution in [-0.2, 0) is 4.79 Å². The molecule has 6 heteroatoms. The molecule has 162 valence electrons. The molecule has 3 aromatic rings. The van der Waals surface area contributed by atoms with Crippen LogP contribution < -0.4 is 14.4 Å². The predicted octanol–water partition coefficient (Wildman–Crippen LogP) is 6.13.